The number of hydrogen-bond donors (Lipinski definition) is 1. The number of carbonyl (C=O) groups is 1. The molecule has 29 heavy (non-hydrogen) atoms. The van der Waals surface area contributed by atoms with Crippen molar-refractivity contribution in [2.45, 2.75) is 46.2 Å². The number of nitrogens with zero attached hydrogens (tertiary/aromatic N) is 3. The highest BCUT2D eigenvalue weighted by molar-refractivity contribution is 7.10. The first-order chi connectivity index (χ1) is 14.1. The van der Waals surface area contributed by atoms with Crippen molar-refractivity contribution in [2.75, 3.05) is 13.1 Å². The predicted octanol–water partition coefficient (Wildman–Crippen LogP) is 3.67. The maximum Gasteiger partial charge on any atom is 0.252 e. The van der Waals surface area contributed by atoms with E-state index in [-0.39, 0.29) is 5.91 Å². The summed E-state index contributed by atoms with van der Waals surface area (Å²) in [6, 6.07) is 4.01. The van der Waals surface area contributed by atoms with E-state index in [0.29, 0.717) is 6.54 Å². The summed E-state index contributed by atoms with van der Waals surface area (Å²) in [5, 5.41) is 9.15. The second-order valence-electron chi connectivity index (χ2n) is 7.54. The van der Waals surface area contributed by atoms with Crippen molar-refractivity contribution < 1.29 is 9.32 Å². The van der Waals surface area contributed by atoms with Gasteiger partial charge in [-0.05, 0) is 50.3 Å². The molecule has 152 valence electrons. The van der Waals surface area contributed by atoms with Gasteiger partial charge in [-0.3, -0.25) is 14.7 Å². The molecule has 1 N–H and O–H groups in total. The van der Waals surface area contributed by atoms with Crippen molar-refractivity contribution in [1.29, 1.82) is 0 Å². The zero-order valence-corrected chi connectivity index (χ0v) is 17.7. The van der Waals surface area contributed by atoms with Crippen LogP contribution in [-0.4, -0.2) is 34.0 Å². The highest BCUT2D eigenvalue weighted by Crippen LogP contribution is 2.30. The van der Waals surface area contributed by atoms with E-state index in [0.717, 1.165) is 55.9 Å². The average molecular weight is 411 g/mol. The molecule has 0 saturated heterocycles. The van der Waals surface area contributed by atoms with Crippen LogP contribution in [0.25, 0.3) is 0 Å². The van der Waals surface area contributed by atoms with Crippen molar-refractivity contribution in [3.8, 4) is 0 Å². The van der Waals surface area contributed by atoms with Gasteiger partial charge in [-0.15, -0.1) is 11.3 Å². The van der Waals surface area contributed by atoms with Crippen molar-refractivity contribution >= 4 is 17.2 Å². The topological polar surface area (TPSA) is 71.3 Å². The number of hydrogen-bond acceptors (Lipinski definition) is 6. The molecule has 3 aromatic heterocycles. The number of thiophene rings is 1. The van der Waals surface area contributed by atoms with E-state index < -0.39 is 0 Å². The molecule has 7 heteroatoms. The predicted molar refractivity (Wildman–Crippen MR) is 113 cm³/mol. The molecule has 3 aromatic rings. The summed E-state index contributed by atoms with van der Waals surface area (Å²) in [4.78, 5) is 20.5. The lowest BCUT2D eigenvalue weighted by molar-refractivity contribution is 0.0952. The Hall–Kier alpha value is -2.51. The number of fused-ring (bicyclic) bond motifs is 1. The molecule has 0 saturated carbocycles. The second-order valence-corrected chi connectivity index (χ2v) is 8.50. The lowest BCUT2D eigenvalue weighted by Gasteiger charge is -2.27. The van der Waals surface area contributed by atoms with Crippen LogP contribution in [0.15, 0.2) is 34.4 Å². The van der Waals surface area contributed by atoms with Crippen LogP contribution in [0.4, 0.5) is 0 Å². The Morgan fingerprint density at radius 2 is 2.28 bits per heavy atom. The number of aryl methyl sites for hydroxylation is 3. The van der Waals surface area contributed by atoms with Crippen molar-refractivity contribution in [3.05, 3.63) is 68.5 Å². The second kappa shape index (κ2) is 8.88. The Morgan fingerprint density at radius 3 is 3.03 bits per heavy atom. The quantitative estimate of drug-likeness (QED) is 0.602. The zero-order valence-electron chi connectivity index (χ0n) is 16.9. The van der Waals surface area contributed by atoms with Crippen LogP contribution in [-0.2, 0) is 25.9 Å². The molecule has 0 unspecified atom stereocenters. The molecule has 0 fully saturated rings. The van der Waals surface area contributed by atoms with Crippen molar-refractivity contribution in [2.24, 2.45) is 0 Å². The third-order valence-corrected chi connectivity index (χ3v) is 6.50. The zero-order chi connectivity index (χ0) is 20.2. The molecule has 6 nitrogen and oxygen atoms in total. The molecule has 0 aliphatic carbocycles. The Labute approximate surface area is 174 Å². The molecule has 4 heterocycles. The van der Waals surface area contributed by atoms with E-state index in [4.69, 9.17) is 4.52 Å². The number of carbonyl (C=O) groups excluding carboxylic acids is 1. The van der Waals surface area contributed by atoms with Gasteiger partial charge in [0.1, 0.15) is 5.76 Å². The smallest absolute Gasteiger partial charge is 0.252 e. The lowest BCUT2D eigenvalue weighted by atomic mass is 10.0. The van der Waals surface area contributed by atoms with Crippen LogP contribution >= 0.6 is 11.3 Å². The van der Waals surface area contributed by atoms with E-state index in [1.807, 2.05) is 31.5 Å². The van der Waals surface area contributed by atoms with Gasteiger partial charge in [0, 0.05) is 54.4 Å². The molecule has 1 aliphatic heterocycles. The number of nitrogens with one attached hydrogen (secondary N) is 1. The first-order valence-corrected chi connectivity index (χ1v) is 10.9. The van der Waals surface area contributed by atoms with E-state index in [2.05, 4.69) is 26.4 Å². The number of aromatic nitrogens is 2. The minimum absolute atomic E-state index is 0.0489. The SMILES string of the molecule is Cc1noc(C)c1CN1CCc2c(C(=O)NCCCc3cccnc3)csc2C1. The molecule has 0 radical (unpaired) electrons. The lowest BCUT2D eigenvalue weighted by Crippen LogP contribution is -2.31. The van der Waals surface area contributed by atoms with Crippen molar-refractivity contribution in [3.63, 3.8) is 0 Å². The molecule has 4 rings (SSSR count). The van der Waals surface area contributed by atoms with Gasteiger partial charge < -0.3 is 9.84 Å². The molecule has 1 aliphatic rings. The van der Waals surface area contributed by atoms with Crippen LogP contribution in [0.2, 0.25) is 0 Å². The number of rotatable bonds is 7. The Balaban J connectivity index is 1.31. The van der Waals surface area contributed by atoms with Gasteiger partial charge in [0.05, 0.1) is 11.3 Å². The van der Waals surface area contributed by atoms with E-state index in [1.165, 1.54) is 21.6 Å². The van der Waals surface area contributed by atoms with Crippen LogP contribution < -0.4 is 5.32 Å². The van der Waals surface area contributed by atoms with E-state index >= 15 is 0 Å². The minimum atomic E-state index is 0.0489. The van der Waals surface area contributed by atoms with Crippen molar-refractivity contribution in [1.82, 2.24) is 20.4 Å². The summed E-state index contributed by atoms with van der Waals surface area (Å²) in [6.07, 6.45) is 6.40. The third kappa shape index (κ3) is 4.57. The Bertz CT molecular complexity index is 961. The van der Waals surface area contributed by atoms with Crippen LogP contribution in [0.5, 0.6) is 0 Å². The summed E-state index contributed by atoms with van der Waals surface area (Å²) < 4.78 is 5.29. The highest BCUT2D eigenvalue weighted by Gasteiger charge is 2.25. The van der Waals surface area contributed by atoms with E-state index in [1.54, 1.807) is 17.5 Å². The molecule has 0 atom stereocenters. The Kier molecular flexibility index (Phi) is 6.06. The summed E-state index contributed by atoms with van der Waals surface area (Å²) in [7, 11) is 0. The fourth-order valence-corrected chi connectivity index (χ4v) is 4.91. The monoisotopic (exact) mass is 410 g/mol. The van der Waals surface area contributed by atoms with Gasteiger partial charge in [0.2, 0.25) is 0 Å². The normalized spacial score (nSPS) is 14.0. The maximum absolute atomic E-state index is 12.7. The highest BCUT2D eigenvalue weighted by atomic mass is 32.1. The minimum Gasteiger partial charge on any atom is -0.361 e. The summed E-state index contributed by atoms with van der Waals surface area (Å²) in [6.45, 7) is 7.29. The maximum atomic E-state index is 12.7. The third-order valence-electron chi connectivity index (χ3n) is 5.48. The van der Waals surface area contributed by atoms with Gasteiger partial charge >= 0.3 is 0 Å². The van der Waals surface area contributed by atoms with Gasteiger partial charge in [-0.25, -0.2) is 0 Å². The first kappa shape index (κ1) is 19.8. The Morgan fingerprint density at radius 1 is 1.38 bits per heavy atom. The van der Waals surface area contributed by atoms with Gasteiger partial charge in [0.25, 0.3) is 5.91 Å². The standard InChI is InChI=1S/C22H26N4O2S/c1-15-19(16(2)28-25-15)12-26-10-7-18-20(14-29-21(18)13-26)22(27)24-9-4-6-17-5-3-8-23-11-17/h3,5,8,11,14H,4,6-7,9-10,12-13H2,1-2H3,(H,24,27). The summed E-state index contributed by atoms with van der Waals surface area (Å²) in [5.74, 6) is 0.943. The number of pyridine rings is 1. The molecule has 0 aromatic carbocycles. The fourth-order valence-electron chi connectivity index (χ4n) is 3.79. The molecule has 0 spiro atoms. The van der Waals surface area contributed by atoms with E-state index in [9.17, 15) is 4.79 Å². The molecule has 0 bridgehead atoms. The average Bonchev–Trinajstić information content (AvgIpc) is 3.30. The largest absolute Gasteiger partial charge is 0.361 e. The van der Waals surface area contributed by atoms with Gasteiger partial charge in [-0.1, -0.05) is 11.2 Å². The molecular weight excluding hydrogens is 384 g/mol. The van der Waals surface area contributed by atoms with Crippen LogP contribution in [0, 0.1) is 13.8 Å². The van der Waals surface area contributed by atoms with Gasteiger partial charge in [-0.2, -0.15) is 0 Å². The summed E-state index contributed by atoms with van der Waals surface area (Å²) in [5.41, 5.74) is 5.41. The molecule has 1 amide bonds. The van der Waals surface area contributed by atoms with Crippen LogP contribution in [0.1, 0.15) is 49.8 Å². The number of amides is 1. The summed E-state index contributed by atoms with van der Waals surface area (Å²) >= 11 is 1.69. The van der Waals surface area contributed by atoms with Crippen LogP contribution in [0.3, 0.4) is 0 Å². The van der Waals surface area contributed by atoms with Gasteiger partial charge in [0.15, 0.2) is 0 Å². The molecular formula is C22H26N4O2S. The first-order valence-electron chi connectivity index (χ1n) is 10.0. The fraction of sp³-hybridized carbons (Fsp3) is 0.409.